The number of anilines is 3. The topological polar surface area (TPSA) is 121 Å². The minimum atomic E-state index is 0.205. The van der Waals surface area contributed by atoms with E-state index >= 15 is 0 Å². The van der Waals surface area contributed by atoms with Crippen LogP contribution in [0.1, 0.15) is 32.1 Å². The van der Waals surface area contributed by atoms with E-state index in [4.69, 9.17) is 4.98 Å². The Labute approximate surface area is 197 Å². The number of hydrogen-bond acceptors (Lipinski definition) is 8. The first-order chi connectivity index (χ1) is 16.7. The molecule has 0 aliphatic carbocycles. The predicted octanol–water partition coefficient (Wildman–Crippen LogP) is 2.01. The van der Waals surface area contributed by atoms with Gasteiger partial charge in [0, 0.05) is 58.3 Å². The molecule has 0 aromatic carbocycles. The van der Waals surface area contributed by atoms with E-state index in [-0.39, 0.29) is 11.8 Å². The molecule has 11 heteroatoms. The van der Waals surface area contributed by atoms with E-state index in [2.05, 4.69) is 25.6 Å². The number of amides is 2. The number of carbonyl (C=O) groups excluding carboxylic acids is 2. The molecule has 0 bridgehead atoms. The minimum absolute atomic E-state index is 0.205. The molecule has 5 heterocycles. The number of imidazole rings is 1. The molecule has 0 atom stereocenters. The molecular weight excluding hydrogens is 434 g/mol. The third kappa shape index (κ3) is 4.92. The van der Waals surface area contributed by atoms with Gasteiger partial charge in [-0.15, -0.1) is 0 Å². The van der Waals surface area contributed by atoms with E-state index in [9.17, 15) is 9.59 Å². The summed E-state index contributed by atoms with van der Waals surface area (Å²) in [5.74, 6) is 1.52. The molecule has 0 unspecified atom stereocenters. The van der Waals surface area contributed by atoms with E-state index in [0.717, 1.165) is 44.6 Å². The van der Waals surface area contributed by atoms with Crippen LogP contribution >= 0.6 is 0 Å². The Hall–Kier alpha value is -3.76. The zero-order chi connectivity index (χ0) is 23.3. The van der Waals surface area contributed by atoms with Gasteiger partial charge >= 0.3 is 0 Å². The molecule has 34 heavy (non-hydrogen) atoms. The van der Waals surface area contributed by atoms with Crippen molar-refractivity contribution in [2.24, 2.45) is 0 Å². The van der Waals surface area contributed by atoms with E-state index in [0.29, 0.717) is 55.4 Å². The SMILES string of the molecule is O=C1CCCN1CCCNc1nc(Nc2cccnc2)nc2c1ncn2CCN1CCCC1=O. The Morgan fingerprint density at radius 2 is 1.76 bits per heavy atom. The zero-order valence-corrected chi connectivity index (χ0v) is 19.1. The Morgan fingerprint density at radius 1 is 0.971 bits per heavy atom. The molecule has 11 nitrogen and oxygen atoms in total. The second-order valence-corrected chi connectivity index (χ2v) is 8.62. The lowest BCUT2D eigenvalue weighted by Crippen LogP contribution is -2.28. The number of likely N-dealkylation sites (tertiary alicyclic amines) is 2. The molecule has 2 amide bonds. The number of fused-ring (bicyclic) bond motifs is 1. The van der Waals surface area contributed by atoms with E-state index in [1.807, 2.05) is 26.5 Å². The Bertz CT molecular complexity index is 1160. The van der Waals surface area contributed by atoms with Crippen LogP contribution in [0.4, 0.5) is 17.5 Å². The van der Waals surface area contributed by atoms with Gasteiger partial charge in [0.15, 0.2) is 17.0 Å². The number of aromatic nitrogens is 5. The quantitative estimate of drug-likeness (QED) is 0.438. The standard InChI is InChI=1S/C23H29N9O2/c33-18-6-2-10-30(18)12-4-9-25-21-20-22(29-23(28-21)27-17-5-1-8-24-15-17)32(16-26-20)14-13-31-11-3-7-19(31)34/h1,5,8,15-16H,2-4,6-7,9-14H2,(H2,25,27,28,29). The summed E-state index contributed by atoms with van der Waals surface area (Å²) in [5.41, 5.74) is 2.17. The van der Waals surface area contributed by atoms with Crippen molar-refractivity contribution in [2.75, 3.05) is 43.4 Å². The molecule has 3 aromatic heterocycles. The summed E-state index contributed by atoms with van der Waals surface area (Å²) in [5, 5.41) is 6.60. The highest BCUT2D eigenvalue weighted by Crippen LogP contribution is 2.23. The molecule has 0 spiro atoms. The van der Waals surface area contributed by atoms with Crippen molar-refractivity contribution >= 4 is 40.4 Å². The van der Waals surface area contributed by atoms with Crippen molar-refractivity contribution in [3.05, 3.63) is 30.9 Å². The normalized spacial score (nSPS) is 16.1. The molecule has 2 N–H and O–H groups in total. The molecule has 178 valence electrons. The van der Waals surface area contributed by atoms with E-state index in [1.54, 1.807) is 18.7 Å². The van der Waals surface area contributed by atoms with Crippen LogP contribution in [0.3, 0.4) is 0 Å². The number of pyridine rings is 1. The lowest BCUT2D eigenvalue weighted by Gasteiger charge is -2.16. The molecule has 3 aromatic rings. The van der Waals surface area contributed by atoms with Gasteiger partial charge in [-0.2, -0.15) is 9.97 Å². The molecule has 0 saturated carbocycles. The minimum Gasteiger partial charge on any atom is -0.368 e. The second-order valence-electron chi connectivity index (χ2n) is 8.62. The van der Waals surface area contributed by atoms with E-state index in [1.165, 1.54) is 0 Å². The van der Waals surface area contributed by atoms with Crippen LogP contribution < -0.4 is 10.6 Å². The molecule has 2 aliphatic rings. The van der Waals surface area contributed by atoms with Gasteiger partial charge in [0.2, 0.25) is 17.8 Å². The highest BCUT2D eigenvalue weighted by atomic mass is 16.2. The van der Waals surface area contributed by atoms with Gasteiger partial charge in [-0.25, -0.2) is 4.98 Å². The maximum absolute atomic E-state index is 12.0. The summed E-state index contributed by atoms with van der Waals surface area (Å²) in [6, 6.07) is 3.74. The maximum atomic E-state index is 12.0. The van der Waals surface area contributed by atoms with Crippen molar-refractivity contribution in [2.45, 2.75) is 38.6 Å². The molecule has 2 fully saturated rings. The fourth-order valence-corrected chi connectivity index (χ4v) is 4.44. The monoisotopic (exact) mass is 463 g/mol. The third-order valence-corrected chi connectivity index (χ3v) is 6.23. The molecule has 2 saturated heterocycles. The van der Waals surface area contributed by atoms with Crippen molar-refractivity contribution in [1.29, 1.82) is 0 Å². The van der Waals surface area contributed by atoms with E-state index < -0.39 is 0 Å². The maximum Gasteiger partial charge on any atom is 0.231 e. The van der Waals surface area contributed by atoms with Gasteiger partial charge in [-0.05, 0) is 31.4 Å². The van der Waals surface area contributed by atoms with Crippen LogP contribution in [0.5, 0.6) is 0 Å². The number of hydrogen-bond donors (Lipinski definition) is 2. The predicted molar refractivity (Wildman–Crippen MR) is 128 cm³/mol. The first-order valence-corrected chi connectivity index (χ1v) is 11.9. The van der Waals surface area contributed by atoms with Gasteiger partial charge < -0.3 is 25.0 Å². The summed E-state index contributed by atoms with van der Waals surface area (Å²) in [6.07, 6.45) is 9.14. The molecule has 2 aliphatic heterocycles. The van der Waals surface area contributed by atoms with Crippen molar-refractivity contribution < 1.29 is 9.59 Å². The van der Waals surface area contributed by atoms with Crippen LogP contribution in [0.2, 0.25) is 0 Å². The third-order valence-electron chi connectivity index (χ3n) is 6.23. The summed E-state index contributed by atoms with van der Waals surface area (Å²) >= 11 is 0. The van der Waals surface area contributed by atoms with Crippen LogP contribution in [0, 0.1) is 0 Å². The lowest BCUT2D eigenvalue weighted by molar-refractivity contribution is -0.128. The molecular formula is C23H29N9O2. The van der Waals surface area contributed by atoms with Gasteiger partial charge in [0.1, 0.15) is 0 Å². The first-order valence-electron chi connectivity index (χ1n) is 11.9. The molecule has 0 radical (unpaired) electrons. The molecule has 5 rings (SSSR count). The highest BCUT2D eigenvalue weighted by Gasteiger charge is 2.21. The Balaban J connectivity index is 1.33. The fraction of sp³-hybridized carbons (Fsp3) is 0.478. The second kappa shape index (κ2) is 10.0. The Morgan fingerprint density at radius 3 is 2.47 bits per heavy atom. The summed E-state index contributed by atoms with van der Waals surface area (Å²) in [7, 11) is 0. The van der Waals surface area contributed by atoms with Crippen LogP contribution in [-0.2, 0) is 16.1 Å². The van der Waals surface area contributed by atoms with Crippen molar-refractivity contribution in [3.8, 4) is 0 Å². The summed E-state index contributed by atoms with van der Waals surface area (Å²) < 4.78 is 1.96. The van der Waals surface area contributed by atoms with Gasteiger partial charge in [0.05, 0.1) is 18.2 Å². The van der Waals surface area contributed by atoms with Crippen LogP contribution in [0.25, 0.3) is 11.2 Å². The largest absolute Gasteiger partial charge is 0.368 e. The van der Waals surface area contributed by atoms with Crippen molar-refractivity contribution in [1.82, 2.24) is 34.3 Å². The van der Waals surface area contributed by atoms with Crippen LogP contribution in [0.15, 0.2) is 30.9 Å². The van der Waals surface area contributed by atoms with Crippen LogP contribution in [-0.4, -0.2) is 78.8 Å². The lowest BCUT2D eigenvalue weighted by atomic mass is 10.3. The average Bonchev–Trinajstić information content (AvgIpc) is 3.56. The van der Waals surface area contributed by atoms with Gasteiger partial charge in [-0.1, -0.05) is 0 Å². The summed E-state index contributed by atoms with van der Waals surface area (Å²) in [4.78, 5) is 45.7. The number of nitrogens with one attached hydrogen (secondary N) is 2. The number of carbonyl (C=O) groups is 2. The highest BCUT2D eigenvalue weighted by molar-refractivity contribution is 5.85. The zero-order valence-electron chi connectivity index (χ0n) is 19.1. The number of rotatable bonds is 10. The smallest absolute Gasteiger partial charge is 0.231 e. The van der Waals surface area contributed by atoms with Gasteiger partial charge in [0.25, 0.3) is 0 Å². The van der Waals surface area contributed by atoms with Crippen molar-refractivity contribution in [3.63, 3.8) is 0 Å². The Kier molecular flexibility index (Phi) is 6.50. The van der Waals surface area contributed by atoms with Gasteiger partial charge in [-0.3, -0.25) is 14.6 Å². The first kappa shape index (κ1) is 22.1. The fourth-order valence-electron chi connectivity index (χ4n) is 4.44. The summed E-state index contributed by atoms with van der Waals surface area (Å²) in [6.45, 7) is 4.30. The average molecular weight is 464 g/mol. The number of nitrogens with zero attached hydrogens (tertiary/aromatic N) is 7.